The number of aromatic amines is 1. The molecule has 124 valence electrons. The molecule has 0 aromatic carbocycles. The van der Waals surface area contributed by atoms with E-state index in [2.05, 4.69) is 45.4 Å². The number of H-pyrrole nitrogens is 1. The lowest BCUT2D eigenvalue weighted by atomic mass is 10.0. The molecule has 0 amide bonds. The molecule has 2 N–H and O–H groups in total. The number of anilines is 1. The van der Waals surface area contributed by atoms with Gasteiger partial charge in [0.25, 0.3) is 0 Å². The van der Waals surface area contributed by atoms with Crippen LogP contribution in [0.15, 0.2) is 30.6 Å². The predicted octanol–water partition coefficient (Wildman–Crippen LogP) is 3.34. The lowest BCUT2D eigenvalue weighted by Gasteiger charge is -2.11. The summed E-state index contributed by atoms with van der Waals surface area (Å²) in [6, 6.07) is 6.38. The van der Waals surface area contributed by atoms with Gasteiger partial charge in [0.2, 0.25) is 0 Å². The van der Waals surface area contributed by atoms with Crippen LogP contribution in [0.3, 0.4) is 0 Å². The highest BCUT2D eigenvalue weighted by molar-refractivity contribution is 6.00. The van der Waals surface area contributed by atoms with Crippen LogP contribution in [0.5, 0.6) is 0 Å². The highest BCUT2D eigenvalue weighted by Gasteiger charge is 2.21. The van der Waals surface area contributed by atoms with Gasteiger partial charge in [-0.3, -0.25) is 10.1 Å². The molecule has 1 saturated heterocycles. The Morgan fingerprint density at radius 1 is 1.25 bits per heavy atom. The Labute approximate surface area is 140 Å². The maximum atomic E-state index is 5.49. The minimum absolute atomic E-state index is 0.300. The van der Waals surface area contributed by atoms with Crippen molar-refractivity contribution in [2.45, 2.75) is 32.2 Å². The number of hydrogen-bond acceptors (Lipinski definition) is 5. The lowest BCUT2D eigenvalue weighted by molar-refractivity contribution is 0.193. The second kappa shape index (κ2) is 6.20. The average Bonchev–Trinajstić information content (AvgIpc) is 3.25. The van der Waals surface area contributed by atoms with E-state index in [0.717, 1.165) is 53.3 Å². The first-order valence-corrected chi connectivity index (χ1v) is 8.36. The van der Waals surface area contributed by atoms with E-state index in [0.29, 0.717) is 12.0 Å². The van der Waals surface area contributed by atoms with Gasteiger partial charge < -0.3 is 10.1 Å². The smallest absolute Gasteiger partial charge is 0.137 e. The molecule has 4 heterocycles. The van der Waals surface area contributed by atoms with E-state index in [1.54, 1.807) is 6.20 Å². The summed E-state index contributed by atoms with van der Waals surface area (Å²) < 4.78 is 5.49. The number of hydrogen-bond donors (Lipinski definition) is 2. The van der Waals surface area contributed by atoms with Crippen molar-refractivity contribution >= 4 is 16.7 Å². The zero-order valence-electron chi connectivity index (χ0n) is 13.9. The topological polar surface area (TPSA) is 75.7 Å². The lowest BCUT2D eigenvalue weighted by Crippen LogP contribution is -2.11. The van der Waals surface area contributed by atoms with Crippen LogP contribution in [-0.2, 0) is 4.74 Å². The van der Waals surface area contributed by atoms with Gasteiger partial charge >= 0.3 is 0 Å². The van der Waals surface area contributed by atoms with E-state index in [9.17, 15) is 0 Å². The molecule has 1 aliphatic rings. The Morgan fingerprint density at radius 3 is 2.92 bits per heavy atom. The van der Waals surface area contributed by atoms with E-state index in [1.807, 2.05) is 18.3 Å². The summed E-state index contributed by atoms with van der Waals surface area (Å²) in [5, 5.41) is 12.1. The standard InChI is InChI=1S/C18H21N5O/c1-11(2)21-18-16-14(4-7-20-18)22-23-17(16)12-3-6-19-15(9-12)13-5-8-24-10-13/h3-4,6-7,9,11,13H,5,8,10H2,1-2H3,(H,20,21)(H,22,23). The molecule has 1 atom stereocenters. The molecule has 6 heteroatoms. The molecule has 1 fully saturated rings. The van der Waals surface area contributed by atoms with Crippen LogP contribution >= 0.6 is 0 Å². The normalized spacial score (nSPS) is 17.7. The van der Waals surface area contributed by atoms with Crippen LogP contribution < -0.4 is 5.32 Å². The van der Waals surface area contributed by atoms with Crippen molar-refractivity contribution in [2.24, 2.45) is 0 Å². The number of fused-ring (bicyclic) bond motifs is 1. The number of nitrogens with zero attached hydrogens (tertiary/aromatic N) is 3. The third-order valence-electron chi connectivity index (χ3n) is 4.30. The van der Waals surface area contributed by atoms with Gasteiger partial charge in [0.15, 0.2) is 0 Å². The molecule has 0 bridgehead atoms. The van der Waals surface area contributed by atoms with Crippen molar-refractivity contribution < 1.29 is 4.74 Å². The summed E-state index contributed by atoms with van der Waals surface area (Å²) in [5.41, 5.74) is 4.01. The first kappa shape index (κ1) is 15.1. The Hall–Kier alpha value is -2.47. The molecule has 6 nitrogen and oxygen atoms in total. The number of aromatic nitrogens is 4. The van der Waals surface area contributed by atoms with Crippen molar-refractivity contribution in [2.75, 3.05) is 18.5 Å². The second-order valence-electron chi connectivity index (χ2n) is 6.48. The van der Waals surface area contributed by atoms with E-state index in [-0.39, 0.29) is 0 Å². The van der Waals surface area contributed by atoms with E-state index >= 15 is 0 Å². The summed E-state index contributed by atoms with van der Waals surface area (Å²) in [4.78, 5) is 9.03. The van der Waals surface area contributed by atoms with Gasteiger partial charge in [-0.2, -0.15) is 5.10 Å². The van der Waals surface area contributed by atoms with Crippen molar-refractivity contribution in [3.05, 3.63) is 36.3 Å². The van der Waals surface area contributed by atoms with Crippen molar-refractivity contribution in [1.29, 1.82) is 0 Å². The fourth-order valence-electron chi connectivity index (χ4n) is 3.15. The van der Waals surface area contributed by atoms with E-state index in [1.165, 1.54) is 0 Å². The summed E-state index contributed by atoms with van der Waals surface area (Å²) in [6.07, 6.45) is 4.68. The number of nitrogens with one attached hydrogen (secondary N) is 2. The van der Waals surface area contributed by atoms with Crippen molar-refractivity contribution in [3.63, 3.8) is 0 Å². The molecular formula is C18H21N5O. The maximum Gasteiger partial charge on any atom is 0.137 e. The molecule has 4 rings (SSSR count). The van der Waals surface area contributed by atoms with Crippen LogP contribution in [0.4, 0.5) is 5.82 Å². The Morgan fingerprint density at radius 2 is 2.12 bits per heavy atom. The fourth-order valence-corrected chi connectivity index (χ4v) is 3.15. The number of ether oxygens (including phenoxy) is 1. The summed E-state index contributed by atoms with van der Waals surface area (Å²) >= 11 is 0. The highest BCUT2D eigenvalue weighted by Crippen LogP contribution is 2.33. The molecule has 3 aromatic rings. The molecule has 0 radical (unpaired) electrons. The van der Waals surface area contributed by atoms with Gasteiger partial charge in [-0.1, -0.05) is 0 Å². The minimum Gasteiger partial charge on any atom is -0.381 e. The quantitative estimate of drug-likeness (QED) is 0.770. The van der Waals surface area contributed by atoms with Crippen LogP contribution in [0.25, 0.3) is 22.2 Å². The molecule has 1 unspecified atom stereocenters. The zero-order chi connectivity index (χ0) is 16.5. The number of rotatable bonds is 4. The molecule has 24 heavy (non-hydrogen) atoms. The Balaban J connectivity index is 1.80. The van der Waals surface area contributed by atoms with Gasteiger partial charge in [-0.15, -0.1) is 0 Å². The monoisotopic (exact) mass is 323 g/mol. The van der Waals surface area contributed by atoms with Crippen LogP contribution in [-0.4, -0.2) is 39.4 Å². The molecule has 0 saturated carbocycles. The predicted molar refractivity (Wildman–Crippen MR) is 94.1 cm³/mol. The summed E-state index contributed by atoms with van der Waals surface area (Å²) in [5.74, 6) is 1.23. The summed E-state index contributed by atoms with van der Waals surface area (Å²) in [6.45, 7) is 5.77. The summed E-state index contributed by atoms with van der Waals surface area (Å²) in [7, 11) is 0. The maximum absolute atomic E-state index is 5.49. The van der Waals surface area contributed by atoms with Gasteiger partial charge in [0.1, 0.15) is 11.5 Å². The van der Waals surface area contributed by atoms with Crippen LogP contribution in [0.1, 0.15) is 31.9 Å². The largest absolute Gasteiger partial charge is 0.381 e. The fraction of sp³-hybridized carbons (Fsp3) is 0.389. The molecule has 0 spiro atoms. The zero-order valence-corrected chi connectivity index (χ0v) is 13.9. The Kier molecular flexibility index (Phi) is 3.90. The van der Waals surface area contributed by atoms with Crippen molar-refractivity contribution in [1.82, 2.24) is 20.2 Å². The number of pyridine rings is 2. The molecular weight excluding hydrogens is 302 g/mol. The highest BCUT2D eigenvalue weighted by atomic mass is 16.5. The van der Waals surface area contributed by atoms with Gasteiger partial charge in [-0.05, 0) is 38.5 Å². The van der Waals surface area contributed by atoms with E-state index in [4.69, 9.17) is 4.74 Å². The molecule has 0 aliphatic carbocycles. The second-order valence-corrected chi connectivity index (χ2v) is 6.48. The van der Waals surface area contributed by atoms with Crippen molar-refractivity contribution in [3.8, 4) is 11.3 Å². The van der Waals surface area contributed by atoms with Gasteiger partial charge in [-0.25, -0.2) is 4.98 Å². The van der Waals surface area contributed by atoms with E-state index < -0.39 is 0 Å². The minimum atomic E-state index is 0.300. The first-order chi connectivity index (χ1) is 11.7. The van der Waals surface area contributed by atoms with Gasteiger partial charge in [0, 0.05) is 42.2 Å². The van der Waals surface area contributed by atoms with Crippen LogP contribution in [0.2, 0.25) is 0 Å². The van der Waals surface area contributed by atoms with Gasteiger partial charge in [0.05, 0.1) is 17.5 Å². The Bertz CT molecular complexity index is 851. The molecule has 1 aliphatic heterocycles. The average molecular weight is 323 g/mol. The van der Waals surface area contributed by atoms with Crippen LogP contribution in [0, 0.1) is 0 Å². The molecule has 3 aromatic heterocycles. The first-order valence-electron chi connectivity index (χ1n) is 8.36. The third kappa shape index (κ3) is 2.73. The third-order valence-corrected chi connectivity index (χ3v) is 4.30. The SMILES string of the molecule is CC(C)Nc1nccc2[nH]nc(-c3ccnc(C4CCOC4)c3)c12.